The van der Waals surface area contributed by atoms with Gasteiger partial charge in [-0.1, -0.05) is 11.6 Å². The Balaban J connectivity index is 6.85. The fourth-order valence-corrected chi connectivity index (χ4v) is 1.97. The van der Waals surface area contributed by atoms with E-state index in [1.54, 1.807) is 0 Å². The molecule has 20 heteroatoms. The van der Waals surface area contributed by atoms with Gasteiger partial charge in [0.1, 0.15) is 5.03 Å². The fourth-order valence-electron chi connectivity index (χ4n) is 1.74. The molecule has 3 unspecified atom stereocenters. The van der Waals surface area contributed by atoms with E-state index in [2.05, 4.69) is 11.6 Å². The highest BCUT2D eigenvalue weighted by molar-refractivity contribution is 6.31. The van der Waals surface area contributed by atoms with Crippen molar-refractivity contribution in [3.63, 3.8) is 0 Å². The van der Waals surface area contributed by atoms with E-state index in [9.17, 15) is 83.4 Å². The van der Waals surface area contributed by atoms with Gasteiger partial charge in [-0.3, -0.25) is 0 Å². The van der Waals surface area contributed by atoms with Gasteiger partial charge in [0.25, 0.3) is 12.3 Å². The molecule has 0 aromatic carbocycles. The second kappa shape index (κ2) is 7.93. The molecule has 0 fully saturated rings. The molecule has 3 atom stereocenters. The summed E-state index contributed by atoms with van der Waals surface area (Å²) in [6.45, 7) is 0. The first-order valence-electron chi connectivity index (χ1n) is 6.49. The summed E-state index contributed by atoms with van der Waals surface area (Å²) in [5.41, 5.74) is -7.48. The summed E-state index contributed by atoms with van der Waals surface area (Å²) < 4.78 is 243. The zero-order valence-electron chi connectivity index (χ0n) is 13.2. The van der Waals surface area contributed by atoms with Crippen molar-refractivity contribution in [2.24, 2.45) is 0 Å². The largest absolute Gasteiger partial charge is 0.434 e. The molecule has 31 heavy (non-hydrogen) atoms. The molecule has 0 bridgehead atoms. The monoisotopic (exact) mass is 530 g/mol. The van der Waals surface area contributed by atoms with Gasteiger partial charge in [0.2, 0.25) is 6.17 Å². The number of rotatable bonds is 7. The molecule has 0 radical (unpaired) electrons. The normalized spacial score (nSPS) is 19.0. The molecule has 186 valence electrons. The Bertz CT molecular complexity index is 682. The maximum atomic E-state index is 13.7. The molecule has 0 rings (SSSR count). The molecule has 0 aliphatic rings. The van der Waals surface area contributed by atoms with Crippen molar-refractivity contribution in [3.8, 4) is 0 Å². The van der Waals surface area contributed by atoms with Crippen LogP contribution in [0.5, 0.6) is 0 Å². The highest BCUT2D eigenvalue weighted by Crippen LogP contribution is 2.60. The number of alkyl halides is 17. The first-order chi connectivity index (χ1) is 13.2. The van der Waals surface area contributed by atoms with Crippen molar-refractivity contribution >= 4 is 11.6 Å². The average Bonchev–Trinajstić information content (AvgIpc) is 2.56. The molecule has 0 heterocycles. The van der Waals surface area contributed by atoms with Crippen LogP contribution in [0.1, 0.15) is 0 Å². The quantitative estimate of drug-likeness (QED) is 0.301. The minimum Gasteiger partial charge on any atom is -0.234 e. The summed E-state index contributed by atoms with van der Waals surface area (Å²) in [5.74, 6) is -32.1. The Morgan fingerprint density at radius 3 is 1.13 bits per heavy atom. The lowest BCUT2D eigenvalue weighted by Gasteiger charge is -2.41. The van der Waals surface area contributed by atoms with E-state index in [1.807, 2.05) is 0 Å². The third kappa shape index (κ3) is 4.34. The van der Waals surface area contributed by atoms with Crippen LogP contribution in [0.2, 0.25) is 0 Å². The Kier molecular flexibility index (Phi) is 7.60. The molecule has 0 N–H and O–H groups in total. The molecule has 0 aromatic heterocycles. The van der Waals surface area contributed by atoms with E-state index in [-0.39, 0.29) is 0 Å². The molecule has 0 spiro atoms. The van der Waals surface area contributed by atoms with Gasteiger partial charge in [0.15, 0.2) is 0 Å². The third-order valence-corrected chi connectivity index (χ3v) is 3.80. The van der Waals surface area contributed by atoms with E-state index in [0.717, 1.165) is 0 Å². The second-order valence-electron chi connectivity index (χ2n) is 5.44. The molecule has 0 amide bonds. The molecule has 0 aliphatic heterocycles. The van der Waals surface area contributed by atoms with E-state index in [4.69, 9.17) is 0 Å². The van der Waals surface area contributed by atoms with Crippen LogP contribution in [0.25, 0.3) is 0 Å². The highest BCUT2D eigenvalue weighted by atomic mass is 35.5. The Morgan fingerprint density at radius 2 is 0.871 bits per heavy atom. The van der Waals surface area contributed by atoms with E-state index in [0.29, 0.717) is 0 Å². The van der Waals surface area contributed by atoms with Crippen LogP contribution >= 0.6 is 11.6 Å². The average molecular weight is 531 g/mol. The topological polar surface area (TPSA) is 0 Å². The van der Waals surface area contributed by atoms with Gasteiger partial charge in [-0.25, -0.2) is 13.2 Å². The zero-order valence-corrected chi connectivity index (χ0v) is 14.0. The number of hydrogen-bond donors (Lipinski definition) is 0. The first kappa shape index (κ1) is 29.7. The summed E-state index contributed by atoms with van der Waals surface area (Å²) in [6, 6.07) is 0. The van der Waals surface area contributed by atoms with Crippen LogP contribution in [0.15, 0.2) is 11.1 Å². The number of halogens is 20. The molecule has 0 nitrogen and oxygen atoms in total. The molecule has 0 aromatic rings. The van der Waals surface area contributed by atoms with Crippen LogP contribution in [0, 0.1) is 0 Å². The standard InChI is InChI=1S/C11H2ClF19/c12-1(2(13)14)5(17,11(29,30)31)6(18,19)3(15)7(20,21)10(27,28)8(22,23)4(16)9(24,25)26/h3-4H. The molecule has 0 aliphatic carbocycles. The molecule has 0 saturated heterocycles. The SMILES string of the molecule is FC(F)=C(Cl)C(F)(C(F)(F)F)C(F)(F)C(F)C(F)(F)C(F)(F)C(F)(F)C(F)C(F)(F)F. The maximum Gasteiger partial charge on any atom is 0.434 e. The summed E-state index contributed by atoms with van der Waals surface area (Å²) >= 11 is 3.90. The molecular formula is C11H2ClF19. The van der Waals surface area contributed by atoms with Crippen molar-refractivity contribution in [1.82, 2.24) is 0 Å². The van der Waals surface area contributed by atoms with Crippen LogP contribution in [0.4, 0.5) is 83.4 Å². The van der Waals surface area contributed by atoms with Crippen molar-refractivity contribution in [3.05, 3.63) is 11.1 Å². The van der Waals surface area contributed by atoms with E-state index < -0.39 is 65.2 Å². The van der Waals surface area contributed by atoms with Gasteiger partial charge < -0.3 is 0 Å². The van der Waals surface area contributed by atoms with Crippen molar-refractivity contribution < 1.29 is 83.4 Å². The van der Waals surface area contributed by atoms with Crippen LogP contribution < -0.4 is 0 Å². The highest BCUT2D eigenvalue weighted by Gasteiger charge is 2.87. The predicted molar refractivity (Wildman–Crippen MR) is 60.6 cm³/mol. The number of allylic oxidation sites excluding steroid dienone is 1. The number of hydrogen-bond acceptors (Lipinski definition) is 0. The maximum absolute atomic E-state index is 13.7. The summed E-state index contributed by atoms with van der Waals surface area (Å²) in [4.78, 5) is 0. The lowest BCUT2D eigenvalue weighted by Crippen LogP contribution is -2.70. The Morgan fingerprint density at radius 1 is 0.548 bits per heavy atom. The lowest BCUT2D eigenvalue weighted by molar-refractivity contribution is -0.388. The minimum atomic E-state index is -8.23. The van der Waals surface area contributed by atoms with Crippen molar-refractivity contribution in [2.45, 2.75) is 54.1 Å². The fraction of sp³-hybridized carbons (Fsp3) is 0.818. The van der Waals surface area contributed by atoms with Crippen molar-refractivity contribution in [2.75, 3.05) is 0 Å². The van der Waals surface area contributed by atoms with E-state index >= 15 is 0 Å². The van der Waals surface area contributed by atoms with Gasteiger partial charge in [-0.05, 0) is 0 Å². The van der Waals surface area contributed by atoms with Gasteiger partial charge in [-0.15, -0.1) is 0 Å². The van der Waals surface area contributed by atoms with E-state index in [1.165, 1.54) is 0 Å². The predicted octanol–water partition coefficient (Wildman–Crippen LogP) is 7.38. The van der Waals surface area contributed by atoms with Crippen LogP contribution in [-0.4, -0.2) is 54.1 Å². The van der Waals surface area contributed by atoms with Gasteiger partial charge in [0, 0.05) is 0 Å². The summed E-state index contributed by atoms with van der Waals surface area (Å²) in [6.07, 6.45) is -32.3. The summed E-state index contributed by atoms with van der Waals surface area (Å²) in [5, 5.41) is -4.10. The van der Waals surface area contributed by atoms with Crippen LogP contribution in [-0.2, 0) is 0 Å². The Labute approximate surface area is 161 Å². The lowest BCUT2D eigenvalue weighted by atomic mass is 9.86. The van der Waals surface area contributed by atoms with Gasteiger partial charge in [-0.2, -0.15) is 70.2 Å². The third-order valence-electron chi connectivity index (χ3n) is 3.40. The minimum absolute atomic E-state index is 3.90. The second-order valence-corrected chi connectivity index (χ2v) is 5.82. The Hall–Kier alpha value is -1.30. The summed E-state index contributed by atoms with van der Waals surface area (Å²) in [7, 11) is 0. The zero-order chi connectivity index (χ0) is 25.8. The van der Waals surface area contributed by atoms with Crippen LogP contribution in [0.3, 0.4) is 0 Å². The smallest absolute Gasteiger partial charge is 0.234 e. The first-order valence-corrected chi connectivity index (χ1v) is 6.87. The molecule has 0 saturated carbocycles. The molecular weight excluding hydrogens is 529 g/mol. The van der Waals surface area contributed by atoms with Gasteiger partial charge >= 0.3 is 41.7 Å². The van der Waals surface area contributed by atoms with Gasteiger partial charge in [0.05, 0.1) is 0 Å². The van der Waals surface area contributed by atoms with Crippen molar-refractivity contribution in [1.29, 1.82) is 0 Å².